The van der Waals surface area contributed by atoms with Crippen LogP contribution < -0.4 is 10.2 Å². The lowest BCUT2D eigenvalue weighted by Crippen LogP contribution is -2.30. The Morgan fingerprint density at radius 1 is 1.00 bits per heavy atom. The minimum absolute atomic E-state index is 0.0380. The third kappa shape index (κ3) is 3.96. The molecule has 0 saturated carbocycles. The maximum Gasteiger partial charge on any atom is 0.329 e. The zero-order chi connectivity index (χ0) is 20.4. The van der Waals surface area contributed by atoms with Crippen LogP contribution in [0.5, 0.6) is 0 Å². The molecule has 29 heavy (non-hydrogen) atoms. The predicted molar refractivity (Wildman–Crippen MR) is 108 cm³/mol. The standard InChI is InChI=1S/C21H20N4O4/c26-20-19(13-15-3-7-17(8-4-15)23-11-1-2-12-23)22-21(27)24(20)14-16-5-9-18(10-6-16)25(28)29/h3-10,13H,1-2,11-12,14H2,(H,22,27). The minimum atomic E-state index is -0.506. The molecule has 3 amide bonds. The number of nitrogens with one attached hydrogen (secondary N) is 1. The monoisotopic (exact) mass is 392 g/mol. The molecule has 0 radical (unpaired) electrons. The van der Waals surface area contributed by atoms with Gasteiger partial charge in [0.2, 0.25) is 0 Å². The number of rotatable bonds is 5. The van der Waals surface area contributed by atoms with E-state index in [1.54, 1.807) is 6.08 Å². The first kappa shape index (κ1) is 18.7. The molecule has 8 heteroatoms. The molecule has 0 bridgehead atoms. The Labute approximate surface area is 167 Å². The number of non-ortho nitro benzene ring substituents is 1. The predicted octanol–water partition coefficient (Wildman–Crippen LogP) is 3.29. The van der Waals surface area contributed by atoms with Crippen molar-refractivity contribution in [3.8, 4) is 0 Å². The summed E-state index contributed by atoms with van der Waals surface area (Å²) >= 11 is 0. The Balaban J connectivity index is 1.46. The number of hydrogen-bond donors (Lipinski definition) is 1. The van der Waals surface area contributed by atoms with Gasteiger partial charge in [-0.05, 0) is 42.2 Å². The van der Waals surface area contributed by atoms with Gasteiger partial charge in [0.25, 0.3) is 11.6 Å². The number of amides is 3. The molecule has 8 nitrogen and oxygen atoms in total. The summed E-state index contributed by atoms with van der Waals surface area (Å²) in [6.45, 7) is 2.17. The molecule has 148 valence electrons. The maximum absolute atomic E-state index is 12.6. The summed E-state index contributed by atoms with van der Waals surface area (Å²) in [6.07, 6.45) is 4.07. The van der Waals surface area contributed by atoms with E-state index in [4.69, 9.17) is 0 Å². The van der Waals surface area contributed by atoms with Crippen molar-refractivity contribution in [3.63, 3.8) is 0 Å². The third-order valence-corrected chi connectivity index (χ3v) is 5.13. The Kier molecular flexibility index (Phi) is 4.99. The average molecular weight is 392 g/mol. The summed E-state index contributed by atoms with van der Waals surface area (Å²) in [6, 6.07) is 13.2. The first-order valence-electron chi connectivity index (χ1n) is 9.44. The molecule has 1 N–H and O–H groups in total. The largest absolute Gasteiger partial charge is 0.372 e. The lowest BCUT2D eigenvalue weighted by molar-refractivity contribution is -0.384. The van der Waals surface area contributed by atoms with Gasteiger partial charge in [-0.1, -0.05) is 24.3 Å². The van der Waals surface area contributed by atoms with Crippen molar-refractivity contribution in [1.82, 2.24) is 10.2 Å². The van der Waals surface area contributed by atoms with Crippen molar-refractivity contribution in [2.75, 3.05) is 18.0 Å². The summed E-state index contributed by atoms with van der Waals surface area (Å²) in [4.78, 5) is 38.5. The number of nitro groups is 1. The van der Waals surface area contributed by atoms with Crippen molar-refractivity contribution in [2.24, 2.45) is 0 Å². The van der Waals surface area contributed by atoms with Crippen molar-refractivity contribution >= 4 is 29.4 Å². The highest BCUT2D eigenvalue weighted by Crippen LogP contribution is 2.23. The van der Waals surface area contributed by atoms with E-state index < -0.39 is 16.9 Å². The summed E-state index contributed by atoms with van der Waals surface area (Å²) < 4.78 is 0. The molecule has 2 fully saturated rings. The molecule has 0 spiro atoms. The minimum Gasteiger partial charge on any atom is -0.372 e. The van der Waals surface area contributed by atoms with Gasteiger partial charge in [0, 0.05) is 30.9 Å². The number of anilines is 1. The molecule has 4 rings (SSSR count). The first-order chi connectivity index (χ1) is 14.0. The van der Waals surface area contributed by atoms with E-state index in [0.717, 1.165) is 29.2 Å². The second kappa shape index (κ2) is 7.75. The molecular formula is C21H20N4O4. The molecule has 0 aromatic heterocycles. The highest BCUT2D eigenvalue weighted by Gasteiger charge is 2.33. The van der Waals surface area contributed by atoms with E-state index in [1.807, 2.05) is 24.3 Å². The van der Waals surface area contributed by atoms with Gasteiger partial charge in [0.1, 0.15) is 5.70 Å². The fourth-order valence-electron chi connectivity index (χ4n) is 3.54. The zero-order valence-electron chi connectivity index (χ0n) is 15.7. The van der Waals surface area contributed by atoms with Crippen LogP contribution in [0.4, 0.5) is 16.2 Å². The number of carbonyl (C=O) groups excluding carboxylic acids is 2. The van der Waals surface area contributed by atoms with E-state index >= 15 is 0 Å². The van der Waals surface area contributed by atoms with Crippen LogP contribution in [-0.4, -0.2) is 34.9 Å². The molecule has 2 aromatic carbocycles. The van der Waals surface area contributed by atoms with Gasteiger partial charge in [-0.3, -0.25) is 19.8 Å². The number of urea groups is 1. The van der Waals surface area contributed by atoms with Crippen molar-refractivity contribution in [2.45, 2.75) is 19.4 Å². The van der Waals surface area contributed by atoms with Crippen LogP contribution in [0.25, 0.3) is 6.08 Å². The highest BCUT2D eigenvalue weighted by molar-refractivity contribution is 6.13. The Bertz CT molecular complexity index is 977. The maximum atomic E-state index is 12.6. The Morgan fingerprint density at radius 3 is 2.28 bits per heavy atom. The SMILES string of the molecule is O=C1NC(=Cc2ccc(N3CCCC3)cc2)C(=O)N1Cc1ccc([N+](=O)[O-])cc1. The Morgan fingerprint density at radius 2 is 1.66 bits per heavy atom. The number of carbonyl (C=O) groups is 2. The molecular weight excluding hydrogens is 372 g/mol. The van der Waals surface area contributed by atoms with Gasteiger partial charge in [0.05, 0.1) is 11.5 Å². The number of hydrogen-bond acceptors (Lipinski definition) is 5. The second-order valence-corrected chi connectivity index (χ2v) is 7.09. The van der Waals surface area contributed by atoms with Gasteiger partial charge in [-0.25, -0.2) is 4.79 Å². The van der Waals surface area contributed by atoms with Crippen LogP contribution in [0.3, 0.4) is 0 Å². The van der Waals surface area contributed by atoms with Crippen LogP contribution in [-0.2, 0) is 11.3 Å². The van der Waals surface area contributed by atoms with E-state index in [9.17, 15) is 19.7 Å². The van der Waals surface area contributed by atoms with Gasteiger partial charge >= 0.3 is 6.03 Å². The number of benzene rings is 2. The van der Waals surface area contributed by atoms with Crippen LogP contribution in [0.2, 0.25) is 0 Å². The number of nitro benzene ring substituents is 1. The summed E-state index contributed by atoms with van der Waals surface area (Å²) in [5.74, 6) is -0.419. The van der Waals surface area contributed by atoms with Gasteiger partial charge in [-0.15, -0.1) is 0 Å². The van der Waals surface area contributed by atoms with Crippen molar-refractivity contribution in [3.05, 3.63) is 75.5 Å². The lowest BCUT2D eigenvalue weighted by atomic mass is 10.1. The third-order valence-electron chi connectivity index (χ3n) is 5.13. The second-order valence-electron chi connectivity index (χ2n) is 7.09. The average Bonchev–Trinajstić information content (AvgIpc) is 3.34. The normalized spacial score (nSPS) is 17.9. The smallest absolute Gasteiger partial charge is 0.329 e. The molecule has 2 saturated heterocycles. The summed E-state index contributed by atoms with van der Waals surface area (Å²) in [5, 5.41) is 13.3. The molecule has 0 unspecified atom stereocenters. The van der Waals surface area contributed by atoms with E-state index in [0.29, 0.717) is 5.56 Å². The van der Waals surface area contributed by atoms with E-state index in [1.165, 1.54) is 37.1 Å². The fraction of sp³-hybridized carbons (Fsp3) is 0.238. The van der Waals surface area contributed by atoms with Crippen molar-refractivity contribution < 1.29 is 14.5 Å². The fourth-order valence-corrected chi connectivity index (χ4v) is 3.54. The molecule has 0 atom stereocenters. The topological polar surface area (TPSA) is 95.8 Å². The van der Waals surface area contributed by atoms with E-state index in [2.05, 4.69) is 10.2 Å². The molecule has 0 aliphatic carbocycles. The lowest BCUT2D eigenvalue weighted by Gasteiger charge is -2.17. The van der Waals surface area contributed by atoms with Gasteiger partial charge < -0.3 is 10.2 Å². The number of imide groups is 1. The van der Waals surface area contributed by atoms with Gasteiger partial charge in [0.15, 0.2) is 0 Å². The van der Waals surface area contributed by atoms with Crippen molar-refractivity contribution in [1.29, 1.82) is 0 Å². The Hall–Kier alpha value is -3.68. The van der Waals surface area contributed by atoms with Crippen LogP contribution >= 0.6 is 0 Å². The highest BCUT2D eigenvalue weighted by atomic mass is 16.6. The molecule has 2 aromatic rings. The molecule has 2 heterocycles. The van der Waals surface area contributed by atoms with Crippen LogP contribution in [0.1, 0.15) is 24.0 Å². The quantitative estimate of drug-likeness (QED) is 0.365. The molecule has 2 aliphatic heterocycles. The molecule has 2 aliphatic rings. The van der Waals surface area contributed by atoms with E-state index in [-0.39, 0.29) is 17.9 Å². The van der Waals surface area contributed by atoms with Gasteiger partial charge in [-0.2, -0.15) is 0 Å². The number of nitrogens with zero attached hydrogens (tertiary/aromatic N) is 3. The van der Waals surface area contributed by atoms with Crippen LogP contribution in [0.15, 0.2) is 54.2 Å². The summed E-state index contributed by atoms with van der Waals surface area (Å²) in [7, 11) is 0. The summed E-state index contributed by atoms with van der Waals surface area (Å²) in [5.41, 5.74) is 2.80. The first-order valence-corrected chi connectivity index (χ1v) is 9.44. The van der Waals surface area contributed by atoms with Crippen LogP contribution in [0, 0.1) is 10.1 Å². The zero-order valence-corrected chi connectivity index (χ0v) is 15.7.